The highest BCUT2D eigenvalue weighted by atomic mass is 32.1. The first-order chi connectivity index (χ1) is 9.47. The second kappa shape index (κ2) is 5.27. The standard InChI is InChI=1S/C13H6F2N2O2S/c14-8-2-1-3-9(15)12(8)17-10(18)5-4-7(6-16)11(17)13(19)20/h1-5H,(H,19,20). The van der Waals surface area contributed by atoms with E-state index in [1.807, 2.05) is 0 Å². The van der Waals surface area contributed by atoms with Crippen molar-refractivity contribution in [3.63, 3.8) is 0 Å². The zero-order valence-corrected chi connectivity index (χ0v) is 10.7. The molecule has 0 bridgehead atoms. The number of nitrogens with zero attached hydrogens (tertiary/aromatic N) is 2. The van der Waals surface area contributed by atoms with Gasteiger partial charge in [-0.25, -0.2) is 8.78 Å². The van der Waals surface area contributed by atoms with Crippen LogP contribution >= 0.6 is 12.6 Å². The minimum Gasteiger partial charge on any atom is -0.280 e. The van der Waals surface area contributed by atoms with Gasteiger partial charge in [0, 0.05) is 6.07 Å². The average Bonchev–Trinajstić information content (AvgIpc) is 2.39. The van der Waals surface area contributed by atoms with Gasteiger partial charge >= 0.3 is 0 Å². The van der Waals surface area contributed by atoms with Crippen LogP contribution in [0.15, 0.2) is 35.1 Å². The van der Waals surface area contributed by atoms with Crippen LogP contribution in [-0.4, -0.2) is 9.68 Å². The van der Waals surface area contributed by atoms with Crippen LogP contribution < -0.4 is 5.56 Å². The molecule has 0 aliphatic rings. The van der Waals surface area contributed by atoms with Crippen LogP contribution in [0.4, 0.5) is 8.78 Å². The lowest BCUT2D eigenvalue weighted by Crippen LogP contribution is -2.25. The van der Waals surface area contributed by atoms with Crippen molar-refractivity contribution in [3.8, 4) is 11.8 Å². The first-order valence-electron chi connectivity index (χ1n) is 5.31. The molecule has 0 aliphatic carbocycles. The third-order valence-electron chi connectivity index (χ3n) is 2.58. The molecule has 0 aliphatic heterocycles. The number of hydrogen-bond acceptors (Lipinski definition) is 3. The van der Waals surface area contributed by atoms with Crippen LogP contribution in [0.25, 0.3) is 5.69 Å². The molecule has 0 atom stereocenters. The zero-order valence-electron chi connectivity index (χ0n) is 9.80. The highest BCUT2D eigenvalue weighted by Gasteiger charge is 2.21. The third-order valence-corrected chi connectivity index (χ3v) is 2.79. The van der Waals surface area contributed by atoms with Crippen LogP contribution in [0.3, 0.4) is 0 Å². The summed E-state index contributed by atoms with van der Waals surface area (Å²) >= 11 is 3.55. The van der Waals surface area contributed by atoms with Gasteiger partial charge in [0.1, 0.15) is 29.1 Å². The summed E-state index contributed by atoms with van der Waals surface area (Å²) in [5.74, 6) is -2.06. The van der Waals surface area contributed by atoms with Crippen molar-refractivity contribution in [1.29, 1.82) is 5.26 Å². The van der Waals surface area contributed by atoms with Crippen LogP contribution in [0.2, 0.25) is 0 Å². The number of carbonyl (C=O) groups excluding carboxylic acids is 1. The minimum atomic E-state index is -1.03. The van der Waals surface area contributed by atoms with Gasteiger partial charge in [0.15, 0.2) is 0 Å². The van der Waals surface area contributed by atoms with Gasteiger partial charge in [-0.1, -0.05) is 18.7 Å². The van der Waals surface area contributed by atoms with E-state index < -0.39 is 33.7 Å². The molecule has 1 aromatic heterocycles. The highest BCUT2D eigenvalue weighted by Crippen LogP contribution is 2.20. The minimum absolute atomic E-state index is 0.202. The lowest BCUT2D eigenvalue weighted by molar-refractivity contribution is 0.108. The number of halogens is 2. The molecule has 0 saturated carbocycles. The number of para-hydroxylation sites is 1. The van der Waals surface area contributed by atoms with E-state index in [4.69, 9.17) is 5.26 Å². The Hall–Kier alpha value is -2.46. The van der Waals surface area contributed by atoms with E-state index >= 15 is 0 Å². The number of rotatable bonds is 2. The Morgan fingerprint density at radius 2 is 1.80 bits per heavy atom. The van der Waals surface area contributed by atoms with Gasteiger partial charge in [-0.15, -0.1) is 0 Å². The molecule has 0 saturated heterocycles. The zero-order chi connectivity index (χ0) is 14.9. The molecule has 2 aromatic rings. The van der Waals surface area contributed by atoms with Gasteiger partial charge in [0.2, 0.25) is 5.12 Å². The number of nitriles is 1. The summed E-state index contributed by atoms with van der Waals surface area (Å²) in [4.78, 5) is 23.4. The van der Waals surface area contributed by atoms with Gasteiger partial charge in [0.25, 0.3) is 5.56 Å². The van der Waals surface area contributed by atoms with Crippen molar-refractivity contribution in [2.24, 2.45) is 0 Å². The molecule has 1 aromatic carbocycles. The number of carbonyl (C=O) groups is 1. The molecule has 0 N–H and O–H groups in total. The second-order valence-corrected chi connectivity index (χ2v) is 4.16. The van der Waals surface area contributed by atoms with Crippen molar-refractivity contribution in [2.45, 2.75) is 0 Å². The Bertz CT molecular complexity index is 789. The fourth-order valence-corrected chi connectivity index (χ4v) is 1.98. The van der Waals surface area contributed by atoms with Crippen LogP contribution in [0.5, 0.6) is 0 Å². The number of aromatic nitrogens is 1. The Morgan fingerprint density at radius 1 is 1.20 bits per heavy atom. The lowest BCUT2D eigenvalue weighted by atomic mass is 10.2. The third kappa shape index (κ3) is 2.21. The number of benzene rings is 1. The summed E-state index contributed by atoms with van der Waals surface area (Å²) in [6, 6.07) is 6.73. The fraction of sp³-hybridized carbons (Fsp3) is 0. The maximum absolute atomic E-state index is 13.8. The highest BCUT2D eigenvalue weighted by molar-refractivity contribution is 7.97. The van der Waals surface area contributed by atoms with Gasteiger partial charge in [-0.3, -0.25) is 14.2 Å². The second-order valence-electron chi connectivity index (χ2n) is 3.76. The normalized spacial score (nSPS) is 10.1. The van der Waals surface area contributed by atoms with Gasteiger partial charge in [-0.2, -0.15) is 5.26 Å². The summed E-state index contributed by atoms with van der Waals surface area (Å²) in [7, 11) is 0. The van der Waals surface area contributed by atoms with Crippen LogP contribution in [-0.2, 0) is 0 Å². The Balaban J connectivity index is 2.98. The average molecular weight is 292 g/mol. The first kappa shape index (κ1) is 14.0. The van der Waals surface area contributed by atoms with E-state index in [2.05, 4.69) is 12.6 Å². The molecule has 100 valence electrons. The van der Waals surface area contributed by atoms with Crippen LogP contribution in [0.1, 0.15) is 16.1 Å². The number of pyridine rings is 1. The van der Waals surface area contributed by atoms with Crippen molar-refractivity contribution >= 4 is 17.7 Å². The number of thiol groups is 1. The summed E-state index contributed by atoms with van der Waals surface area (Å²) < 4.78 is 28.1. The lowest BCUT2D eigenvalue weighted by Gasteiger charge is -2.12. The van der Waals surface area contributed by atoms with E-state index in [-0.39, 0.29) is 5.56 Å². The molecular formula is C13H6F2N2O2S. The summed E-state index contributed by atoms with van der Waals surface area (Å²) in [6.07, 6.45) is 0. The van der Waals surface area contributed by atoms with E-state index in [1.54, 1.807) is 6.07 Å². The van der Waals surface area contributed by atoms with Crippen molar-refractivity contribution < 1.29 is 13.6 Å². The van der Waals surface area contributed by atoms with E-state index in [1.165, 1.54) is 0 Å². The summed E-state index contributed by atoms with van der Waals surface area (Å²) in [5, 5.41) is 7.99. The number of hydrogen-bond donors (Lipinski definition) is 1. The molecule has 7 heteroatoms. The van der Waals surface area contributed by atoms with Crippen LogP contribution in [0, 0.1) is 23.0 Å². The molecule has 20 heavy (non-hydrogen) atoms. The van der Waals surface area contributed by atoms with Gasteiger partial charge in [-0.05, 0) is 18.2 Å². The van der Waals surface area contributed by atoms with E-state index in [9.17, 15) is 18.4 Å². The van der Waals surface area contributed by atoms with Crippen molar-refractivity contribution in [2.75, 3.05) is 0 Å². The van der Waals surface area contributed by atoms with Gasteiger partial charge < -0.3 is 0 Å². The Morgan fingerprint density at radius 3 is 2.30 bits per heavy atom. The van der Waals surface area contributed by atoms with Crippen molar-refractivity contribution in [1.82, 2.24) is 4.57 Å². The fourth-order valence-electron chi connectivity index (χ4n) is 1.76. The summed E-state index contributed by atoms with van der Waals surface area (Å²) in [5.41, 5.74) is -2.24. The predicted octanol–water partition coefficient (Wildman–Crippen LogP) is 2.06. The predicted molar refractivity (Wildman–Crippen MR) is 70.0 cm³/mol. The molecule has 1 heterocycles. The quantitative estimate of drug-likeness (QED) is 0.862. The first-order valence-corrected chi connectivity index (χ1v) is 5.76. The monoisotopic (exact) mass is 292 g/mol. The topological polar surface area (TPSA) is 62.9 Å². The molecule has 0 radical (unpaired) electrons. The SMILES string of the molecule is N#Cc1ccc(=O)n(-c2c(F)cccc2F)c1C(=O)S. The molecule has 0 unspecified atom stereocenters. The van der Waals surface area contributed by atoms with Gasteiger partial charge in [0.05, 0.1) is 5.56 Å². The van der Waals surface area contributed by atoms with E-state index in [0.29, 0.717) is 4.57 Å². The molecule has 0 fully saturated rings. The Labute approximate surface area is 117 Å². The largest absolute Gasteiger partial charge is 0.280 e. The maximum Gasteiger partial charge on any atom is 0.255 e. The van der Waals surface area contributed by atoms with Crippen molar-refractivity contribution in [3.05, 3.63) is 63.6 Å². The molecule has 0 spiro atoms. The molecule has 0 amide bonds. The molecular weight excluding hydrogens is 286 g/mol. The van der Waals surface area contributed by atoms with E-state index in [0.717, 1.165) is 30.3 Å². The smallest absolute Gasteiger partial charge is 0.255 e. The molecule has 2 rings (SSSR count). The molecule has 4 nitrogen and oxygen atoms in total. The summed E-state index contributed by atoms with van der Waals surface area (Å²) in [6.45, 7) is 0. The maximum atomic E-state index is 13.8. The Kier molecular flexibility index (Phi) is 3.68.